The number of anilines is 1. The third kappa shape index (κ3) is 3.15. The van der Waals surface area contributed by atoms with E-state index in [9.17, 15) is 0 Å². The fourth-order valence-corrected chi connectivity index (χ4v) is 2.94. The molecule has 4 aromatic rings. The van der Waals surface area contributed by atoms with E-state index in [-0.39, 0.29) is 0 Å². The second-order valence-corrected chi connectivity index (χ2v) is 6.25. The molecule has 24 heavy (non-hydrogen) atoms. The minimum atomic E-state index is 0.305. The Bertz CT molecular complexity index is 948. The van der Waals surface area contributed by atoms with Crippen LogP contribution in [0.1, 0.15) is 5.82 Å². The van der Waals surface area contributed by atoms with Crippen LogP contribution in [0.4, 0.5) is 6.01 Å². The molecule has 4 rings (SSSR count). The van der Waals surface area contributed by atoms with E-state index in [1.54, 1.807) is 23.5 Å². The summed E-state index contributed by atoms with van der Waals surface area (Å²) in [7, 11) is 0. The Hall–Kier alpha value is -2.71. The van der Waals surface area contributed by atoms with Crippen molar-refractivity contribution in [3.63, 3.8) is 0 Å². The molecule has 0 bridgehead atoms. The van der Waals surface area contributed by atoms with Crippen LogP contribution >= 0.6 is 22.9 Å². The van der Waals surface area contributed by atoms with Crippen LogP contribution in [0, 0.1) is 0 Å². The Kier molecular flexibility index (Phi) is 3.97. The van der Waals surface area contributed by atoms with Crippen molar-refractivity contribution in [3.8, 4) is 22.1 Å². The lowest BCUT2D eigenvalue weighted by molar-refractivity contribution is 0.431. The number of H-pyrrole nitrogens is 1. The van der Waals surface area contributed by atoms with Gasteiger partial charge in [-0.05, 0) is 23.6 Å². The minimum Gasteiger partial charge on any atom is -0.330 e. The summed E-state index contributed by atoms with van der Waals surface area (Å²) in [5.41, 5.74) is 0.791. The zero-order valence-electron chi connectivity index (χ0n) is 12.2. The highest BCUT2D eigenvalue weighted by molar-refractivity contribution is 7.13. The van der Waals surface area contributed by atoms with Gasteiger partial charge in [-0.15, -0.1) is 11.3 Å². The molecule has 7 nitrogen and oxygen atoms in total. The molecule has 0 saturated heterocycles. The molecular formula is C15H11ClN6OS. The number of aromatic amines is 1. The topological polar surface area (TPSA) is 92.5 Å². The van der Waals surface area contributed by atoms with Crippen LogP contribution in [0.5, 0.6) is 0 Å². The van der Waals surface area contributed by atoms with Crippen molar-refractivity contribution in [3.05, 3.63) is 52.6 Å². The summed E-state index contributed by atoms with van der Waals surface area (Å²) in [6.45, 7) is 0.398. The average Bonchev–Trinajstić information content (AvgIpc) is 3.33. The molecule has 9 heteroatoms. The number of hydrogen-bond acceptors (Lipinski definition) is 7. The van der Waals surface area contributed by atoms with Gasteiger partial charge in [0, 0.05) is 10.6 Å². The van der Waals surface area contributed by atoms with Crippen molar-refractivity contribution in [2.75, 3.05) is 5.32 Å². The summed E-state index contributed by atoms with van der Waals surface area (Å²) >= 11 is 7.56. The van der Waals surface area contributed by atoms with Crippen LogP contribution in [0.2, 0.25) is 5.02 Å². The maximum Gasteiger partial charge on any atom is 0.322 e. The van der Waals surface area contributed by atoms with E-state index >= 15 is 0 Å². The van der Waals surface area contributed by atoms with Crippen molar-refractivity contribution in [1.82, 2.24) is 25.3 Å². The Morgan fingerprint density at radius 2 is 2.12 bits per heavy atom. The Morgan fingerprint density at radius 3 is 2.96 bits per heavy atom. The smallest absolute Gasteiger partial charge is 0.322 e. The summed E-state index contributed by atoms with van der Waals surface area (Å²) in [5.74, 6) is 1.82. The zero-order chi connectivity index (χ0) is 16.4. The van der Waals surface area contributed by atoms with E-state index in [1.807, 2.05) is 29.6 Å². The largest absolute Gasteiger partial charge is 0.330 e. The van der Waals surface area contributed by atoms with E-state index in [4.69, 9.17) is 16.1 Å². The molecular weight excluding hydrogens is 348 g/mol. The number of nitrogens with one attached hydrogen (secondary N) is 2. The lowest BCUT2D eigenvalue weighted by Crippen LogP contribution is -2.01. The summed E-state index contributed by atoms with van der Waals surface area (Å²) in [5, 5.41) is 16.6. The third-order valence-corrected chi connectivity index (χ3v) is 4.29. The van der Waals surface area contributed by atoms with Gasteiger partial charge in [0.25, 0.3) is 0 Å². The standard InChI is InChI=1S/C15H11ClN6OS/c16-10-4-1-3-9(7-10)13-19-15(23-22-13)17-8-12-18-14(21-20-12)11-5-2-6-24-11/h1-7H,8H2,(H,17,19,22)(H,18,20,21). The average molecular weight is 359 g/mol. The van der Waals surface area contributed by atoms with Gasteiger partial charge >= 0.3 is 6.01 Å². The third-order valence-electron chi connectivity index (χ3n) is 3.19. The molecule has 2 N–H and O–H groups in total. The number of halogens is 1. The first-order valence-corrected chi connectivity index (χ1v) is 8.32. The molecule has 1 aromatic carbocycles. The first-order valence-electron chi connectivity index (χ1n) is 7.06. The molecule has 0 atom stereocenters. The van der Waals surface area contributed by atoms with E-state index in [0.717, 1.165) is 10.4 Å². The minimum absolute atomic E-state index is 0.305. The van der Waals surface area contributed by atoms with E-state index in [1.165, 1.54) is 0 Å². The Morgan fingerprint density at radius 1 is 1.17 bits per heavy atom. The van der Waals surface area contributed by atoms with Gasteiger partial charge in [-0.1, -0.05) is 35.0 Å². The highest BCUT2D eigenvalue weighted by atomic mass is 35.5. The first kappa shape index (κ1) is 14.9. The number of hydrogen-bond donors (Lipinski definition) is 2. The number of nitrogens with zero attached hydrogens (tertiary/aromatic N) is 4. The van der Waals surface area contributed by atoms with Crippen molar-refractivity contribution >= 4 is 29.0 Å². The first-order chi connectivity index (χ1) is 11.8. The predicted molar refractivity (Wildman–Crippen MR) is 91.8 cm³/mol. The van der Waals surface area contributed by atoms with Crippen LogP contribution in [0.25, 0.3) is 22.1 Å². The summed E-state index contributed by atoms with van der Waals surface area (Å²) in [6, 6.07) is 11.5. The van der Waals surface area contributed by atoms with Gasteiger partial charge in [-0.3, -0.25) is 5.10 Å². The Balaban J connectivity index is 1.43. The van der Waals surface area contributed by atoms with Crippen molar-refractivity contribution < 1.29 is 4.52 Å². The molecule has 0 unspecified atom stereocenters. The molecule has 0 aliphatic carbocycles. The van der Waals surface area contributed by atoms with Crippen LogP contribution in [0.3, 0.4) is 0 Å². The second-order valence-electron chi connectivity index (χ2n) is 4.87. The molecule has 3 heterocycles. The van der Waals surface area contributed by atoms with Crippen molar-refractivity contribution in [2.45, 2.75) is 6.54 Å². The highest BCUT2D eigenvalue weighted by Crippen LogP contribution is 2.22. The molecule has 0 aliphatic rings. The molecule has 120 valence electrons. The van der Waals surface area contributed by atoms with Gasteiger partial charge in [0.1, 0.15) is 5.82 Å². The Labute approximate surface area is 145 Å². The van der Waals surface area contributed by atoms with E-state index < -0.39 is 0 Å². The summed E-state index contributed by atoms with van der Waals surface area (Å²) < 4.78 is 5.18. The fraction of sp³-hybridized carbons (Fsp3) is 0.0667. The van der Waals surface area contributed by atoms with Gasteiger partial charge in [-0.25, -0.2) is 4.98 Å². The van der Waals surface area contributed by atoms with Crippen LogP contribution in [-0.2, 0) is 6.54 Å². The van der Waals surface area contributed by atoms with Gasteiger partial charge in [0.15, 0.2) is 5.82 Å². The lowest BCUT2D eigenvalue weighted by Gasteiger charge is -1.96. The molecule has 0 amide bonds. The molecule has 3 aromatic heterocycles. The van der Waals surface area contributed by atoms with Crippen LogP contribution < -0.4 is 5.32 Å². The van der Waals surface area contributed by atoms with Crippen LogP contribution in [0.15, 0.2) is 46.3 Å². The van der Waals surface area contributed by atoms with E-state index in [2.05, 4.69) is 30.6 Å². The predicted octanol–water partition coefficient (Wildman–Crippen LogP) is 3.85. The monoisotopic (exact) mass is 358 g/mol. The number of benzene rings is 1. The molecule has 0 saturated carbocycles. The number of thiophene rings is 1. The quantitative estimate of drug-likeness (QED) is 0.563. The highest BCUT2D eigenvalue weighted by Gasteiger charge is 2.10. The lowest BCUT2D eigenvalue weighted by atomic mass is 10.2. The molecule has 0 spiro atoms. The summed E-state index contributed by atoms with van der Waals surface area (Å²) in [4.78, 5) is 9.72. The number of rotatable bonds is 5. The second kappa shape index (κ2) is 6.42. The van der Waals surface area contributed by atoms with Crippen molar-refractivity contribution in [2.24, 2.45) is 0 Å². The van der Waals surface area contributed by atoms with Gasteiger partial charge in [0.05, 0.1) is 11.4 Å². The normalized spacial score (nSPS) is 10.9. The maximum atomic E-state index is 5.97. The fourth-order valence-electron chi connectivity index (χ4n) is 2.09. The van der Waals surface area contributed by atoms with Crippen LogP contribution in [-0.4, -0.2) is 25.3 Å². The van der Waals surface area contributed by atoms with Gasteiger partial charge in [0.2, 0.25) is 5.82 Å². The summed E-state index contributed by atoms with van der Waals surface area (Å²) in [6.07, 6.45) is 0. The van der Waals surface area contributed by atoms with E-state index in [0.29, 0.717) is 35.1 Å². The SMILES string of the molecule is Clc1cccc(-c2noc(NCc3nc(-c4cccs4)n[nH]3)n2)c1. The molecule has 0 radical (unpaired) electrons. The zero-order valence-corrected chi connectivity index (χ0v) is 13.8. The molecule has 0 aliphatic heterocycles. The number of aromatic nitrogens is 5. The molecule has 0 fully saturated rings. The van der Waals surface area contributed by atoms with Gasteiger partial charge < -0.3 is 9.84 Å². The van der Waals surface area contributed by atoms with Crippen molar-refractivity contribution in [1.29, 1.82) is 0 Å². The van der Waals surface area contributed by atoms with Gasteiger partial charge in [-0.2, -0.15) is 10.1 Å². The maximum absolute atomic E-state index is 5.97.